The maximum absolute atomic E-state index is 13.0. The maximum Gasteiger partial charge on any atom is 0.266 e. The third-order valence-electron chi connectivity index (χ3n) is 4.20. The zero-order valence-corrected chi connectivity index (χ0v) is 15.7. The molecule has 1 saturated heterocycles. The summed E-state index contributed by atoms with van der Waals surface area (Å²) in [4.78, 5) is 26.3. The fraction of sp³-hybridized carbons (Fsp3) is 0.176. The van der Waals surface area contributed by atoms with E-state index in [0.717, 1.165) is 15.7 Å². The normalized spacial score (nSPS) is 25.3. The van der Waals surface area contributed by atoms with E-state index in [0.29, 0.717) is 10.7 Å². The third kappa shape index (κ3) is 2.13. The second-order valence-corrected chi connectivity index (χ2v) is 8.59. The van der Waals surface area contributed by atoms with Crippen molar-refractivity contribution in [3.63, 3.8) is 0 Å². The summed E-state index contributed by atoms with van der Waals surface area (Å²) in [6.45, 7) is 1.82. The van der Waals surface area contributed by atoms with Crippen molar-refractivity contribution in [1.29, 1.82) is 0 Å². The molecule has 0 aliphatic carbocycles. The van der Waals surface area contributed by atoms with Crippen LogP contribution in [0.4, 0.5) is 11.4 Å². The topological polar surface area (TPSA) is 49.4 Å². The first-order chi connectivity index (χ1) is 11.4. The van der Waals surface area contributed by atoms with Gasteiger partial charge in [-0.05, 0) is 43.3 Å². The first-order valence-electron chi connectivity index (χ1n) is 7.32. The summed E-state index contributed by atoms with van der Waals surface area (Å²) in [6.07, 6.45) is 0. The molecular formula is C17H12BrClN2O2S. The molecule has 122 valence electrons. The van der Waals surface area contributed by atoms with Crippen LogP contribution >= 0.6 is 39.3 Å². The van der Waals surface area contributed by atoms with E-state index in [4.69, 9.17) is 11.6 Å². The van der Waals surface area contributed by atoms with Gasteiger partial charge in [-0.25, -0.2) is 0 Å². The predicted octanol–water partition coefficient (Wildman–Crippen LogP) is 4.38. The SMILES string of the molecule is C[C@H]1S[C@]2(C(=O)Nc3ccc(Br)cc32)N(c2cccc(Cl)c2)C1=O. The van der Waals surface area contributed by atoms with E-state index < -0.39 is 4.87 Å². The van der Waals surface area contributed by atoms with Gasteiger partial charge in [-0.15, -0.1) is 11.8 Å². The number of benzene rings is 2. The van der Waals surface area contributed by atoms with Gasteiger partial charge in [-0.3, -0.25) is 14.5 Å². The van der Waals surface area contributed by atoms with Crippen LogP contribution in [0.1, 0.15) is 12.5 Å². The zero-order chi connectivity index (χ0) is 17.1. The molecular weight excluding hydrogens is 412 g/mol. The summed E-state index contributed by atoms with van der Waals surface area (Å²) in [5.74, 6) is -0.316. The van der Waals surface area contributed by atoms with Gasteiger partial charge in [0.1, 0.15) is 0 Å². The number of hydrogen-bond donors (Lipinski definition) is 1. The monoisotopic (exact) mass is 422 g/mol. The number of nitrogens with one attached hydrogen (secondary N) is 1. The number of amides is 2. The lowest BCUT2D eigenvalue weighted by Gasteiger charge is -2.32. The Balaban J connectivity index is 1.97. The van der Waals surface area contributed by atoms with Crippen LogP contribution in [0, 0.1) is 0 Å². The van der Waals surface area contributed by atoms with Gasteiger partial charge in [0.25, 0.3) is 5.91 Å². The minimum Gasteiger partial charge on any atom is -0.323 e. The van der Waals surface area contributed by atoms with Crippen LogP contribution in [-0.4, -0.2) is 17.1 Å². The van der Waals surface area contributed by atoms with Crippen molar-refractivity contribution in [2.24, 2.45) is 0 Å². The van der Waals surface area contributed by atoms with E-state index in [1.807, 2.05) is 25.1 Å². The van der Waals surface area contributed by atoms with Crippen LogP contribution in [0.25, 0.3) is 0 Å². The van der Waals surface area contributed by atoms with Crippen LogP contribution in [0.3, 0.4) is 0 Å². The van der Waals surface area contributed by atoms with Gasteiger partial charge in [0, 0.05) is 26.4 Å². The lowest BCUT2D eigenvalue weighted by atomic mass is 10.0. The molecule has 7 heteroatoms. The Labute approximate surface area is 156 Å². The molecule has 0 aromatic heterocycles. The smallest absolute Gasteiger partial charge is 0.266 e. The van der Waals surface area contributed by atoms with Gasteiger partial charge in [0.05, 0.1) is 5.25 Å². The molecule has 2 aliphatic heterocycles. The van der Waals surface area contributed by atoms with E-state index >= 15 is 0 Å². The lowest BCUT2D eigenvalue weighted by molar-refractivity contribution is -0.122. The molecule has 0 radical (unpaired) electrons. The Bertz CT molecular complexity index is 891. The first kappa shape index (κ1) is 16.0. The quantitative estimate of drug-likeness (QED) is 0.741. The van der Waals surface area contributed by atoms with Crippen LogP contribution < -0.4 is 10.2 Å². The molecule has 24 heavy (non-hydrogen) atoms. The third-order valence-corrected chi connectivity index (χ3v) is 6.41. The van der Waals surface area contributed by atoms with Crippen molar-refractivity contribution in [3.8, 4) is 0 Å². The largest absolute Gasteiger partial charge is 0.323 e. The standard InChI is InChI=1S/C17H12BrClN2O2S/c1-9-15(22)21(12-4-2-3-11(19)8-12)17(24-9)13-7-10(18)5-6-14(13)20-16(17)23/h2-9H,1H3,(H,20,23)/t9-,17-/m1/s1. The highest BCUT2D eigenvalue weighted by Crippen LogP contribution is 2.56. The van der Waals surface area contributed by atoms with Crippen molar-refractivity contribution < 1.29 is 9.59 Å². The predicted molar refractivity (Wildman–Crippen MR) is 100 cm³/mol. The fourth-order valence-electron chi connectivity index (χ4n) is 3.19. The van der Waals surface area contributed by atoms with E-state index in [1.165, 1.54) is 11.8 Å². The molecule has 0 bridgehead atoms. The maximum atomic E-state index is 13.0. The molecule has 2 aromatic rings. The highest BCUT2D eigenvalue weighted by molar-refractivity contribution is 9.10. The Morgan fingerprint density at radius 3 is 2.79 bits per heavy atom. The van der Waals surface area contributed by atoms with Gasteiger partial charge in [0.15, 0.2) is 0 Å². The second-order valence-electron chi connectivity index (χ2n) is 5.70. The minimum atomic E-state index is -1.11. The number of nitrogens with zero attached hydrogens (tertiary/aromatic N) is 1. The van der Waals surface area contributed by atoms with Crippen LogP contribution in [0.5, 0.6) is 0 Å². The van der Waals surface area contributed by atoms with Gasteiger partial charge >= 0.3 is 0 Å². The van der Waals surface area contributed by atoms with Crippen molar-refractivity contribution in [3.05, 3.63) is 57.5 Å². The average molecular weight is 424 g/mol. The number of fused-ring (bicyclic) bond motifs is 2. The number of hydrogen-bond acceptors (Lipinski definition) is 3. The summed E-state index contributed by atoms with van der Waals surface area (Å²) in [5, 5.41) is 3.09. The average Bonchev–Trinajstić information content (AvgIpc) is 2.96. The van der Waals surface area contributed by atoms with Crippen molar-refractivity contribution in [1.82, 2.24) is 0 Å². The molecule has 4 nitrogen and oxygen atoms in total. The molecule has 2 aliphatic rings. The van der Waals surface area contributed by atoms with Gasteiger partial charge < -0.3 is 5.32 Å². The molecule has 2 atom stereocenters. The molecule has 0 unspecified atom stereocenters. The minimum absolute atomic E-state index is 0.106. The van der Waals surface area contributed by atoms with E-state index in [1.54, 1.807) is 29.2 Å². The molecule has 1 N–H and O–H groups in total. The summed E-state index contributed by atoms with van der Waals surface area (Å²) >= 11 is 10.9. The number of anilines is 2. The second kappa shape index (κ2) is 5.51. The zero-order valence-electron chi connectivity index (χ0n) is 12.5. The van der Waals surface area contributed by atoms with Crippen molar-refractivity contribution in [2.75, 3.05) is 10.2 Å². The van der Waals surface area contributed by atoms with Crippen molar-refractivity contribution >= 4 is 62.5 Å². The first-order valence-corrected chi connectivity index (χ1v) is 9.37. The summed E-state index contributed by atoms with van der Waals surface area (Å²) in [7, 11) is 0. The highest BCUT2D eigenvalue weighted by atomic mass is 79.9. The Kier molecular flexibility index (Phi) is 3.67. The highest BCUT2D eigenvalue weighted by Gasteiger charge is 2.61. The number of carbonyl (C=O) groups excluding carboxylic acids is 2. The molecule has 2 heterocycles. The van der Waals surface area contributed by atoms with E-state index in [9.17, 15) is 9.59 Å². The Morgan fingerprint density at radius 1 is 1.25 bits per heavy atom. The number of carbonyl (C=O) groups is 2. The van der Waals surface area contributed by atoms with Gasteiger partial charge in [-0.2, -0.15) is 0 Å². The molecule has 1 spiro atoms. The fourth-order valence-corrected chi connectivity index (χ4v) is 5.21. The van der Waals surface area contributed by atoms with Crippen LogP contribution in [-0.2, 0) is 14.5 Å². The molecule has 1 fully saturated rings. The number of rotatable bonds is 1. The summed E-state index contributed by atoms with van der Waals surface area (Å²) < 4.78 is 0.857. The van der Waals surface area contributed by atoms with Gasteiger partial charge in [0.2, 0.25) is 10.8 Å². The number of thioether (sulfide) groups is 1. The Morgan fingerprint density at radius 2 is 2.04 bits per heavy atom. The van der Waals surface area contributed by atoms with Gasteiger partial charge in [-0.1, -0.05) is 33.6 Å². The molecule has 2 amide bonds. The summed E-state index contributed by atoms with van der Waals surface area (Å²) in [6, 6.07) is 12.6. The Hall–Kier alpha value is -1.50. The van der Waals surface area contributed by atoms with E-state index in [-0.39, 0.29) is 17.1 Å². The van der Waals surface area contributed by atoms with E-state index in [2.05, 4.69) is 21.2 Å². The van der Waals surface area contributed by atoms with Crippen LogP contribution in [0.2, 0.25) is 5.02 Å². The molecule has 2 aromatic carbocycles. The molecule has 4 rings (SSSR count). The molecule has 0 saturated carbocycles. The van der Waals surface area contributed by atoms with Crippen molar-refractivity contribution in [2.45, 2.75) is 17.0 Å². The van der Waals surface area contributed by atoms with Crippen LogP contribution in [0.15, 0.2) is 46.9 Å². The number of halogens is 2. The summed E-state index contributed by atoms with van der Waals surface area (Å²) in [5.41, 5.74) is 2.13. The lowest BCUT2D eigenvalue weighted by Crippen LogP contribution is -2.47.